The average molecular weight is 393 g/mol. The van der Waals surface area contributed by atoms with Gasteiger partial charge < -0.3 is 4.98 Å². The fourth-order valence-electron chi connectivity index (χ4n) is 3.11. The second-order valence-electron chi connectivity index (χ2n) is 7.02. The topological polar surface area (TPSA) is 88.1 Å². The minimum Gasteiger partial charge on any atom is -0.306 e. The predicted octanol–water partition coefficient (Wildman–Crippen LogP) is 2.37. The lowest BCUT2D eigenvalue weighted by molar-refractivity contribution is 0.314. The van der Waals surface area contributed by atoms with E-state index in [-0.39, 0.29) is 16.1 Å². The highest BCUT2D eigenvalue weighted by Crippen LogP contribution is 2.45. The molecule has 1 aromatic carbocycles. The zero-order chi connectivity index (χ0) is 18.7. The van der Waals surface area contributed by atoms with Gasteiger partial charge in [-0.25, -0.2) is 18.2 Å². The number of thiazole rings is 1. The number of hydrogen-bond donors (Lipinski definition) is 1. The second-order valence-corrected chi connectivity index (χ2v) is 10.2. The van der Waals surface area contributed by atoms with Crippen LogP contribution in [0.25, 0.3) is 11.0 Å². The van der Waals surface area contributed by atoms with Crippen molar-refractivity contribution in [1.82, 2.24) is 18.8 Å². The molecule has 2 heterocycles. The predicted molar refractivity (Wildman–Crippen MR) is 101 cm³/mol. The number of H-pyrrole nitrogens is 1. The first-order valence-corrected chi connectivity index (χ1v) is 10.6. The molecule has 4 rings (SSSR count). The Balaban J connectivity index is 1.79. The summed E-state index contributed by atoms with van der Waals surface area (Å²) in [5.41, 5.74) is 0.570. The van der Waals surface area contributed by atoms with Gasteiger partial charge in [0.25, 0.3) is 0 Å². The Labute approximate surface area is 155 Å². The van der Waals surface area contributed by atoms with Gasteiger partial charge in [0.1, 0.15) is 0 Å². The number of aromatic amines is 1. The molecule has 1 saturated carbocycles. The van der Waals surface area contributed by atoms with Crippen molar-refractivity contribution in [2.24, 2.45) is 7.05 Å². The summed E-state index contributed by atoms with van der Waals surface area (Å²) in [7, 11) is -2.08. The van der Waals surface area contributed by atoms with Crippen molar-refractivity contribution < 1.29 is 8.42 Å². The molecular weight excluding hydrogens is 372 g/mol. The van der Waals surface area contributed by atoms with Gasteiger partial charge in [-0.05, 0) is 44.9 Å². The summed E-state index contributed by atoms with van der Waals surface area (Å²) in [6.07, 6.45) is 3.43. The van der Waals surface area contributed by atoms with Gasteiger partial charge in [0, 0.05) is 23.7 Å². The third-order valence-corrected chi connectivity index (χ3v) is 7.91. The zero-order valence-corrected chi connectivity index (χ0v) is 16.4. The molecule has 0 atom stereocenters. The molecule has 1 aliphatic carbocycles. The number of sulfonamides is 1. The lowest BCUT2D eigenvalue weighted by atomic mass is 10.3. The molecule has 1 aliphatic rings. The highest BCUT2D eigenvalue weighted by atomic mass is 32.2. The van der Waals surface area contributed by atoms with E-state index in [0.29, 0.717) is 17.6 Å². The minimum absolute atomic E-state index is 0.203. The van der Waals surface area contributed by atoms with Gasteiger partial charge >= 0.3 is 5.69 Å². The largest absolute Gasteiger partial charge is 0.326 e. The quantitative estimate of drug-likeness (QED) is 0.722. The molecule has 2 aromatic heterocycles. The van der Waals surface area contributed by atoms with Crippen molar-refractivity contribution in [2.75, 3.05) is 0 Å². The van der Waals surface area contributed by atoms with Crippen LogP contribution in [0, 0.1) is 6.92 Å². The highest BCUT2D eigenvalue weighted by molar-refractivity contribution is 7.89. The highest BCUT2D eigenvalue weighted by Gasteiger charge is 2.49. The van der Waals surface area contributed by atoms with E-state index in [0.717, 1.165) is 22.7 Å². The van der Waals surface area contributed by atoms with Gasteiger partial charge in [-0.15, -0.1) is 11.3 Å². The van der Waals surface area contributed by atoms with Crippen LogP contribution in [0.2, 0.25) is 0 Å². The van der Waals surface area contributed by atoms with E-state index in [2.05, 4.69) is 9.97 Å². The van der Waals surface area contributed by atoms with Crippen molar-refractivity contribution in [3.05, 3.63) is 44.8 Å². The molecule has 3 aromatic rings. The zero-order valence-electron chi connectivity index (χ0n) is 14.8. The first-order valence-electron chi connectivity index (χ1n) is 8.34. The summed E-state index contributed by atoms with van der Waals surface area (Å²) < 4.78 is 29.8. The van der Waals surface area contributed by atoms with Gasteiger partial charge in [-0.2, -0.15) is 4.31 Å². The molecule has 9 heteroatoms. The molecule has 7 nitrogen and oxygen atoms in total. The van der Waals surface area contributed by atoms with Crippen molar-refractivity contribution in [2.45, 2.75) is 43.7 Å². The number of fused-ring (bicyclic) bond motifs is 1. The van der Waals surface area contributed by atoms with E-state index >= 15 is 0 Å². The van der Waals surface area contributed by atoms with Gasteiger partial charge in [-0.1, -0.05) is 0 Å². The SMILES string of the molecule is Cc1ncc(CN(C2(C)CC2)S(=O)(=O)c2ccc3[nH]c(=O)n(C)c3c2)s1. The molecule has 138 valence electrons. The molecule has 0 amide bonds. The number of nitrogens with zero attached hydrogens (tertiary/aromatic N) is 3. The van der Waals surface area contributed by atoms with E-state index in [1.165, 1.54) is 15.9 Å². The molecule has 0 unspecified atom stereocenters. The summed E-state index contributed by atoms with van der Waals surface area (Å²) in [6.45, 7) is 4.20. The molecule has 0 spiro atoms. The summed E-state index contributed by atoms with van der Waals surface area (Å²) in [5.74, 6) is 0. The number of nitrogens with one attached hydrogen (secondary N) is 1. The van der Waals surface area contributed by atoms with Crippen LogP contribution in [0.5, 0.6) is 0 Å². The number of imidazole rings is 1. The second kappa shape index (κ2) is 5.77. The number of aromatic nitrogens is 3. The third-order valence-electron chi connectivity index (χ3n) is 5.01. The Kier molecular flexibility index (Phi) is 3.87. The summed E-state index contributed by atoms with van der Waals surface area (Å²) >= 11 is 1.51. The number of aryl methyl sites for hydroxylation is 2. The minimum atomic E-state index is -3.70. The monoisotopic (exact) mass is 392 g/mol. The first kappa shape index (κ1) is 17.4. The maximum atomic E-state index is 13.4. The fraction of sp³-hybridized carbons (Fsp3) is 0.412. The number of benzene rings is 1. The van der Waals surface area contributed by atoms with Crippen molar-refractivity contribution in [3.8, 4) is 0 Å². The van der Waals surface area contributed by atoms with E-state index in [9.17, 15) is 13.2 Å². The Morgan fingerprint density at radius 3 is 2.73 bits per heavy atom. The van der Waals surface area contributed by atoms with Crippen LogP contribution in [0.4, 0.5) is 0 Å². The average Bonchev–Trinajstić information content (AvgIpc) is 3.08. The Hall–Kier alpha value is -1.97. The molecular formula is C17H20N4O3S2. The standard InChI is InChI=1S/C17H20N4O3S2/c1-11-18-9-12(25-11)10-21(17(2)6-7-17)26(23,24)13-4-5-14-15(8-13)20(3)16(22)19-14/h4-5,8-9H,6-7,10H2,1-3H3,(H,19,22). The molecule has 1 fully saturated rings. The molecule has 1 N–H and O–H groups in total. The Morgan fingerprint density at radius 1 is 1.38 bits per heavy atom. The van der Waals surface area contributed by atoms with Crippen molar-refractivity contribution >= 4 is 32.4 Å². The normalized spacial score (nSPS) is 16.5. The third kappa shape index (κ3) is 2.80. The Bertz CT molecular complexity index is 1150. The van der Waals surface area contributed by atoms with Crippen LogP contribution < -0.4 is 5.69 Å². The maximum Gasteiger partial charge on any atom is 0.326 e. The van der Waals surface area contributed by atoms with Crippen LogP contribution in [0.1, 0.15) is 29.7 Å². The summed E-state index contributed by atoms with van der Waals surface area (Å²) in [6, 6.07) is 4.78. The lowest BCUT2D eigenvalue weighted by Crippen LogP contribution is -2.39. The number of rotatable bonds is 5. The van der Waals surface area contributed by atoms with Gasteiger partial charge in [0.05, 0.1) is 27.5 Å². The van der Waals surface area contributed by atoms with Gasteiger partial charge in [0.15, 0.2) is 0 Å². The summed E-state index contributed by atoms with van der Waals surface area (Å²) in [5, 5.41) is 0.919. The maximum absolute atomic E-state index is 13.4. The Morgan fingerprint density at radius 2 is 2.12 bits per heavy atom. The van der Waals surface area contributed by atoms with Gasteiger partial charge in [0.2, 0.25) is 10.0 Å². The fourth-order valence-corrected chi connectivity index (χ4v) is 5.80. The van der Waals surface area contributed by atoms with Crippen molar-refractivity contribution in [1.29, 1.82) is 0 Å². The molecule has 0 radical (unpaired) electrons. The smallest absolute Gasteiger partial charge is 0.306 e. The van der Waals surface area contributed by atoms with E-state index < -0.39 is 10.0 Å². The van der Waals surface area contributed by atoms with Crippen LogP contribution in [0.15, 0.2) is 34.1 Å². The first-order chi connectivity index (χ1) is 12.2. The van der Waals surface area contributed by atoms with E-state index in [1.807, 2.05) is 13.8 Å². The van der Waals surface area contributed by atoms with Crippen LogP contribution in [-0.4, -0.2) is 32.8 Å². The van der Waals surface area contributed by atoms with Gasteiger partial charge in [-0.3, -0.25) is 4.57 Å². The number of hydrogen-bond acceptors (Lipinski definition) is 5. The van der Waals surface area contributed by atoms with Crippen LogP contribution in [-0.2, 0) is 23.6 Å². The molecule has 0 saturated heterocycles. The van der Waals surface area contributed by atoms with E-state index in [1.54, 1.807) is 35.7 Å². The molecule has 0 aliphatic heterocycles. The van der Waals surface area contributed by atoms with Crippen LogP contribution in [0.3, 0.4) is 0 Å². The molecule has 26 heavy (non-hydrogen) atoms. The summed E-state index contributed by atoms with van der Waals surface area (Å²) in [4.78, 5) is 19.9. The van der Waals surface area contributed by atoms with E-state index in [4.69, 9.17) is 0 Å². The van der Waals surface area contributed by atoms with Crippen LogP contribution >= 0.6 is 11.3 Å². The van der Waals surface area contributed by atoms with Crippen molar-refractivity contribution in [3.63, 3.8) is 0 Å². The lowest BCUT2D eigenvalue weighted by Gasteiger charge is -2.28. The molecule has 0 bridgehead atoms.